The van der Waals surface area contributed by atoms with Crippen LogP contribution in [0.2, 0.25) is 0 Å². The molecule has 0 aliphatic heterocycles. The van der Waals surface area contributed by atoms with E-state index in [1.165, 1.54) is 45.8 Å². The fourth-order valence-corrected chi connectivity index (χ4v) is 2.14. The van der Waals surface area contributed by atoms with E-state index in [-0.39, 0.29) is 0 Å². The average Bonchev–Trinajstić information content (AvgIpc) is 3.26. The Hall–Kier alpha value is -1.63. The molecule has 0 amide bonds. The molecule has 4 aromatic carbocycles. The molecule has 0 aliphatic carbocycles. The zero-order chi connectivity index (χ0) is 17.6. The number of halogens is 1. The molecule has 0 unspecified atom stereocenters. The number of hydrogen-bond acceptors (Lipinski definition) is 1. The minimum atomic E-state index is 0.972. The molecule has 0 atom stereocenters. The molecular weight excluding hydrogens is 395 g/mol. The second-order valence-electron chi connectivity index (χ2n) is 4.68. The molecule has 0 saturated carbocycles. The van der Waals surface area contributed by atoms with Crippen LogP contribution >= 0.6 is 11.6 Å². The van der Waals surface area contributed by atoms with Crippen LogP contribution in [0.5, 0.6) is 0 Å². The van der Waals surface area contributed by atoms with Crippen molar-refractivity contribution in [3.63, 3.8) is 0 Å². The van der Waals surface area contributed by atoms with E-state index < -0.39 is 0 Å². The van der Waals surface area contributed by atoms with Crippen molar-refractivity contribution in [2.75, 3.05) is 0 Å². The number of rotatable bonds is 0. The van der Waals surface area contributed by atoms with Crippen molar-refractivity contribution in [2.45, 2.75) is 6.92 Å². The maximum Gasteiger partial charge on any atom is -0.0809 e. The van der Waals surface area contributed by atoms with Gasteiger partial charge >= 0.3 is 34.9 Å². The van der Waals surface area contributed by atoms with Crippen molar-refractivity contribution in [3.05, 3.63) is 84.9 Å². The van der Waals surface area contributed by atoms with E-state index >= 15 is 0 Å². The van der Waals surface area contributed by atoms with Crippen molar-refractivity contribution in [2.24, 2.45) is 0 Å². The Balaban J connectivity index is 0.000000183. The first kappa shape index (κ1) is 20.4. The predicted molar refractivity (Wildman–Crippen MR) is 102 cm³/mol. The molecule has 0 N–H and O–H groups in total. The summed E-state index contributed by atoms with van der Waals surface area (Å²) in [5.41, 5.74) is 0. The van der Waals surface area contributed by atoms with Crippen LogP contribution in [0.3, 0.4) is 0 Å². The Kier molecular flexibility index (Phi) is 10.9. The molecule has 24 heavy (non-hydrogen) atoms. The van der Waals surface area contributed by atoms with E-state index in [1.807, 2.05) is 6.92 Å². The summed E-state index contributed by atoms with van der Waals surface area (Å²) in [6.45, 7) is 2.04. The zero-order valence-corrected chi connectivity index (χ0v) is 16.7. The van der Waals surface area contributed by atoms with Gasteiger partial charge in [0.05, 0.1) is 0 Å². The van der Waals surface area contributed by atoms with Gasteiger partial charge in [-0.05, 0) is 0 Å². The van der Waals surface area contributed by atoms with Gasteiger partial charge in [0.1, 0.15) is 0 Å². The van der Waals surface area contributed by atoms with Gasteiger partial charge in [-0.1, -0.05) is 12.1 Å². The Morgan fingerprint density at radius 2 is 1.21 bits per heavy atom. The third kappa shape index (κ3) is 7.30. The fourth-order valence-electron chi connectivity index (χ4n) is 2.14. The summed E-state index contributed by atoms with van der Waals surface area (Å²) in [6.07, 6.45) is 0. The number of benzene rings is 2. The van der Waals surface area contributed by atoms with Crippen LogP contribution in [0.15, 0.2) is 84.9 Å². The van der Waals surface area contributed by atoms with Gasteiger partial charge in [-0.15, -0.1) is 59.3 Å². The molecule has 0 aromatic heterocycles. The summed E-state index contributed by atoms with van der Waals surface area (Å²) >= 11 is 5.70. The zero-order valence-electron chi connectivity index (χ0n) is 13.4. The van der Waals surface area contributed by atoms with Crippen molar-refractivity contribution in [1.29, 1.82) is 0 Å². The standard InChI is InChI=1S/2C9H7.C2H4.CClO.Zr/c2*1-2-5-9-7-3-6-8(9)4-1;1-2;2-1-3;/h2*1-7H;1H,2H3;;/q2*-1;;-1;. The van der Waals surface area contributed by atoms with Crippen LogP contribution < -0.4 is 0 Å². The van der Waals surface area contributed by atoms with Crippen LogP contribution in [0.1, 0.15) is 6.92 Å². The Labute approximate surface area is 162 Å². The van der Waals surface area contributed by atoms with Gasteiger partial charge in [0.2, 0.25) is 0 Å². The van der Waals surface area contributed by atoms with Crippen molar-refractivity contribution in [3.8, 4) is 0 Å². The summed E-state index contributed by atoms with van der Waals surface area (Å²) in [6, 6.07) is 29.3. The second-order valence-corrected chi connectivity index (χ2v) is 6.25. The average molecular weight is 413 g/mol. The maximum absolute atomic E-state index is 8.45. The molecular formula is C21H18ClOZr-3. The van der Waals surface area contributed by atoms with Crippen molar-refractivity contribution in [1.82, 2.24) is 0 Å². The van der Waals surface area contributed by atoms with Gasteiger partial charge in [0.15, 0.2) is 0 Å². The summed E-state index contributed by atoms with van der Waals surface area (Å²) in [5.74, 6) is 0.972. The molecule has 1 nitrogen and oxygen atoms in total. The molecule has 3 heteroatoms. The number of carbonyl (C=O) groups excluding carboxylic acids is 1. The third-order valence-electron chi connectivity index (χ3n) is 3.10. The smallest absolute Gasteiger partial charge is 0.0809 e. The molecule has 122 valence electrons. The predicted octanol–water partition coefficient (Wildman–Crippen LogP) is 5.77. The van der Waals surface area contributed by atoms with Gasteiger partial charge < -0.3 is 16.4 Å². The molecule has 0 heterocycles. The van der Waals surface area contributed by atoms with Gasteiger partial charge in [-0.25, -0.2) is 0 Å². The van der Waals surface area contributed by atoms with E-state index in [0.717, 1.165) is 5.75 Å². The van der Waals surface area contributed by atoms with Crippen LogP contribution in [-0.2, 0) is 29.0 Å². The molecule has 0 radical (unpaired) electrons. The molecule has 4 aromatic rings. The van der Waals surface area contributed by atoms with E-state index in [9.17, 15) is 0 Å². The maximum atomic E-state index is 8.45. The molecule has 4 rings (SSSR count). The van der Waals surface area contributed by atoms with E-state index in [2.05, 4.69) is 100 Å². The Morgan fingerprint density at radius 3 is 1.54 bits per heavy atom. The van der Waals surface area contributed by atoms with Gasteiger partial charge in [0, 0.05) is 0 Å². The largest absolute Gasteiger partial charge is 0.525 e. The monoisotopic (exact) mass is 411 g/mol. The van der Waals surface area contributed by atoms with Crippen molar-refractivity contribution >= 4 is 42.6 Å². The van der Waals surface area contributed by atoms with Gasteiger partial charge in [0.25, 0.3) is 0 Å². The summed E-state index contributed by atoms with van der Waals surface area (Å²) < 4.78 is 2.09. The summed E-state index contributed by atoms with van der Waals surface area (Å²) in [4.78, 5) is 8.45. The Bertz CT molecular complexity index is 712. The quantitative estimate of drug-likeness (QED) is 0.265. The molecule has 0 bridgehead atoms. The Morgan fingerprint density at radius 1 is 0.875 bits per heavy atom. The van der Waals surface area contributed by atoms with Crippen LogP contribution in [0.25, 0.3) is 21.5 Å². The van der Waals surface area contributed by atoms with Gasteiger partial charge in [-0.2, -0.15) is 40.8 Å². The molecule has 0 spiro atoms. The number of fused-ring (bicyclic) bond motifs is 2. The molecule has 0 saturated heterocycles. The first-order valence-corrected chi connectivity index (χ1v) is 9.20. The topological polar surface area (TPSA) is 17.1 Å². The normalized spacial score (nSPS) is 8.71. The van der Waals surface area contributed by atoms with E-state index in [4.69, 9.17) is 4.79 Å². The second kappa shape index (κ2) is 12.8. The summed E-state index contributed by atoms with van der Waals surface area (Å²) in [7, 11) is 0. The van der Waals surface area contributed by atoms with E-state index in [1.54, 1.807) is 0 Å². The van der Waals surface area contributed by atoms with E-state index in [0.29, 0.717) is 0 Å². The minimum absolute atomic E-state index is 0.972. The molecule has 0 fully saturated rings. The third-order valence-corrected chi connectivity index (χ3v) is 3.10. The first-order chi connectivity index (χ1) is 11.8. The minimum Gasteiger partial charge on any atom is -0.525 e. The van der Waals surface area contributed by atoms with Gasteiger partial charge in [-0.3, -0.25) is 0 Å². The SMILES string of the molecule is C[CH]=[Zr].O=[C-]Cl.c1ccc2[cH-]ccc2c1.c1ccc2[cH-]ccc2c1. The van der Waals surface area contributed by atoms with Crippen LogP contribution in [0.4, 0.5) is 0 Å². The fraction of sp³-hybridized carbons (Fsp3) is 0.0476. The van der Waals surface area contributed by atoms with Crippen LogP contribution in [-0.4, -0.2) is 9.45 Å². The van der Waals surface area contributed by atoms with Crippen molar-refractivity contribution < 1.29 is 29.0 Å². The molecule has 0 aliphatic rings. The summed E-state index contributed by atoms with van der Waals surface area (Å²) in [5, 5.41) is 5.32. The number of hydrogen-bond donors (Lipinski definition) is 0. The van der Waals surface area contributed by atoms with Crippen LogP contribution in [0, 0.1) is 0 Å². The first-order valence-electron chi connectivity index (χ1n) is 7.40.